The molecule has 5 aromatic carbocycles. The van der Waals surface area contributed by atoms with Crippen LogP contribution in [0.2, 0.25) is 5.04 Å². The largest absolute Gasteiger partial charge is 0.497 e. The minimum Gasteiger partial charge on any atom is -0.497 e. The van der Waals surface area contributed by atoms with Crippen LogP contribution in [0.25, 0.3) is 0 Å². The number of aliphatic hydroxyl groups is 1. The fourth-order valence-electron chi connectivity index (χ4n) is 6.30. The Kier molecular flexibility index (Phi) is 12.3. The fourth-order valence-corrected chi connectivity index (χ4v) is 10.9. The summed E-state index contributed by atoms with van der Waals surface area (Å²) in [5.74, 6) is 1.39. The van der Waals surface area contributed by atoms with Gasteiger partial charge in [-0.2, -0.15) is 0 Å². The average molecular weight is 661 g/mol. The van der Waals surface area contributed by atoms with E-state index in [9.17, 15) is 5.11 Å². The van der Waals surface area contributed by atoms with Crippen molar-refractivity contribution in [2.75, 3.05) is 13.7 Å². The third-order valence-electron chi connectivity index (χ3n) is 8.66. The fraction of sp³-hybridized carbons (Fsp3) is 0.286. The molecule has 48 heavy (non-hydrogen) atoms. The third kappa shape index (κ3) is 9.23. The maximum atomic E-state index is 11.6. The van der Waals surface area contributed by atoms with Crippen molar-refractivity contribution in [2.45, 2.75) is 64.1 Å². The lowest BCUT2D eigenvalue weighted by Gasteiger charge is -2.43. The molecule has 1 N–H and O–H groups in total. The first-order valence-corrected chi connectivity index (χ1v) is 18.6. The summed E-state index contributed by atoms with van der Waals surface area (Å²) in [5, 5.41) is 13.8. The Bertz CT molecular complexity index is 1620. The van der Waals surface area contributed by atoms with E-state index in [0.29, 0.717) is 44.2 Å². The van der Waals surface area contributed by atoms with E-state index in [2.05, 4.69) is 93.6 Å². The van der Waals surface area contributed by atoms with Gasteiger partial charge in [0.15, 0.2) is 0 Å². The van der Waals surface area contributed by atoms with Gasteiger partial charge in [-0.3, -0.25) is 0 Å². The number of benzene rings is 5. The first-order chi connectivity index (χ1) is 23.3. The molecule has 0 saturated heterocycles. The first kappa shape index (κ1) is 35.1. The highest BCUT2D eigenvalue weighted by atomic mass is 28.4. The van der Waals surface area contributed by atoms with Gasteiger partial charge in [0.25, 0.3) is 8.32 Å². The SMILES string of the molecule is COc1cc(C[C@H](O)C[C@@H](CO[Si](c2ccccc2)(c2ccccc2)C(C)(C)C)OCc2ccccc2)cc(OCc2ccccc2)c1. The van der Waals surface area contributed by atoms with Gasteiger partial charge in [0.1, 0.15) is 18.1 Å². The zero-order chi connectivity index (χ0) is 33.8. The van der Waals surface area contributed by atoms with E-state index in [1.54, 1.807) is 7.11 Å². The molecule has 0 spiro atoms. The van der Waals surface area contributed by atoms with E-state index in [4.69, 9.17) is 18.6 Å². The lowest BCUT2D eigenvalue weighted by Crippen LogP contribution is -2.67. The number of aliphatic hydroxyl groups excluding tert-OH is 1. The highest BCUT2D eigenvalue weighted by molar-refractivity contribution is 6.99. The Morgan fingerprint density at radius 3 is 1.65 bits per heavy atom. The van der Waals surface area contributed by atoms with E-state index in [1.165, 1.54) is 10.4 Å². The van der Waals surface area contributed by atoms with Crippen LogP contribution in [0.1, 0.15) is 43.9 Å². The molecule has 0 saturated carbocycles. The molecule has 250 valence electrons. The molecule has 0 aliphatic rings. The van der Waals surface area contributed by atoms with Gasteiger partial charge in [-0.25, -0.2) is 0 Å². The van der Waals surface area contributed by atoms with Crippen LogP contribution in [0.3, 0.4) is 0 Å². The molecule has 5 aromatic rings. The average Bonchev–Trinajstić information content (AvgIpc) is 3.11. The summed E-state index contributed by atoms with van der Waals surface area (Å²) in [5.41, 5.74) is 3.09. The zero-order valence-corrected chi connectivity index (χ0v) is 29.5. The van der Waals surface area contributed by atoms with Crippen molar-refractivity contribution in [3.8, 4) is 11.5 Å². The zero-order valence-electron chi connectivity index (χ0n) is 28.5. The second-order valence-corrected chi connectivity index (χ2v) is 17.6. The van der Waals surface area contributed by atoms with E-state index in [1.807, 2.05) is 66.7 Å². The standard InChI is InChI=1S/C42H48O5Si/c1-42(2,3)48(40-21-13-7-14-22-40,41-23-15-8-16-24-41)47-32-39(46-31-34-19-11-6-12-20-34)28-36(43)25-35-26-37(44-4)29-38(27-35)45-30-33-17-9-5-10-18-33/h5-24,26-27,29,36,39,43H,25,28,30-32H2,1-4H3/t36-,39-/m0/s1. The molecule has 0 aliphatic heterocycles. The van der Waals surface area contributed by atoms with Gasteiger partial charge in [0.05, 0.1) is 32.5 Å². The van der Waals surface area contributed by atoms with Crippen LogP contribution in [0.15, 0.2) is 140 Å². The van der Waals surface area contributed by atoms with Crippen molar-refractivity contribution >= 4 is 18.7 Å². The molecular weight excluding hydrogens is 613 g/mol. The van der Waals surface area contributed by atoms with Crippen LogP contribution in [0, 0.1) is 0 Å². The predicted octanol–water partition coefficient (Wildman–Crippen LogP) is 7.73. The van der Waals surface area contributed by atoms with Crippen molar-refractivity contribution < 1.29 is 23.7 Å². The maximum Gasteiger partial charge on any atom is 0.261 e. The first-order valence-electron chi connectivity index (χ1n) is 16.7. The molecule has 0 bridgehead atoms. The minimum atomic E-state index is -2.80. The van der Waals surface area contributed by atoms with Crippen LogP contribution in [0.5, 0.6) is 11.5 Å². The normalized spacial score (nSPS) is 13.1. The van der Waals surface area contributed by atoms with Crippen molar-refractivity contribution in [2.24, 2.45) is 0 Å². The summed E-state index contributed by atoms with van der Waals surface area (Å²) >= 11 is 0. The van der Waals surface area contributed by atoms with Crippen molar-refractivity contribution in [1.82, 2.24) is 0 Å². The number of hydrogen-bond acceptors (Lipinski definition) is 5. The van der Waals surface area contributed by atoms with Gasteiger partial charge in [-0.1, -0.05) is 142 Å². The van der Waals surface area contributed by atoms with Gasteiger partial charge in [0, 0.05) is 12.5 Å². The summed E-state index contributed by atoms with van der Waals surface area (Å²) in [7, 11) is -1.15. The van der Waals surface area contributed by atoms with E-state index >= 15 is 0 Å². The van der Waals surface area contributed by atoms with E-state index in [-0.39, 0.29) is 11.1 Å². The summed E-state index contributed by atoms with van der Waals surface area (Å²) < 4.78 is 25.5. The van der Waals surface area contributed by atoms with Gasteiger partial charge in [-0.05, 0) is 50.7 Å². The maximum absolute atomic E-state index is 11.6. The monoisotopic (exact) mass is 660 g/mol. The van der Waals surface area contributed by atoms with Gasteiger partial charge < -0.3 is 23.7 Å². The van der Waals surface area contributed by atoms with Crippen molar-refractivity contribution in [3.63, 3.8) is 0 Å². The molecule has 0 radical (unpaired) electrons. The molecule has 5 nitrogen and oxygen atoms in total. The number of methoxy groups -OCH3 is 1. The lowest BCUT2D eigenvalue weighted by atomic mass is 10.0. The Morgan fingerprint density at radius 1 is 0.625 bits per heavy atom. The number of rotatable bonds is 16. The second kappa shape index (κ2) is 16.8. The lowest BCUT2D eigenvalue weighted by molar-refractivity contribution is -0.0221. The molecule has 0 aromatic heterocycles. The molecule has 0 fully saturated rings. The Balaban J connectivity index is 1.37. The van der Waals surface area contributed by atoms with Crippen LogP contribution in [-0.4, -0.2) is 39.3 Å². The minimum absolute atomic E-state index is 0.172. The molecule has 2 atom stereocenters. The highest BCUT2D eigenvalue weighted by Gasteiger charge is 2.50. The van der Waals surface area contributed by atoms with Crippen LogP contribution >= 0.6 is 0 Å². The predicted molar refractivity (Wildman–Crippen MR) is 197 cm³/mol. The third-order valence-corrected chi connectivity index (χ3v) is 13.7. The number of hydrogen-bond donors (Lipinski definition) is 1. The van der Waals surface area contributed by atoms with Crippen LogP contribution in [-0.2, 0) is 28.8 Å². The van der Waals surface area contributed by atoms with E-state index < -0.39 is 14.4 Å². The van der Waals surface area contributed by atoms with Crippen LogP contribution < -0.4 is 19.8 Å². The quantitative estimate of drug-likeness (QED) is 0.110. The Labute approximate surface area is 287 Å². The number of ether oxygens (including phenoxy) is 3. The van der Waals surface area contributed by atoms with Gasteiger partial charge in [0.2, 0.25) is 0 Å². The Hall–Kier alpha value is -4.20. The Morgan fingerprint density at radius 2 is 1.12 bits per heavy atom. The molecule has 6 heteroatoms. The molecule has 0 amide bonds. The molecule has 0 unspecified atom stereocenters. The van der Waals surface area contributed by atoms with Crippen LogP contribution in [0.4, 0.5) is 0 Å². The van der Waals surface area contributed by atoms with Crippen molar-refractivity contribution in [3.05, 3.63) is 156 Å². The molecule has 5 rings (SSSR count). The highest BCUT2D eigenvalue weighted by Crippen LogP contribution is 2.37. The smallest absolute Gasteiger partial charge is 0.261 e. The van der Waals surface area contributed by atoms with Gasteiger partial charge in [-0.15, -0.1) is 0 Å². The summed E-state index contributed by atoms with van der Waals surface area (Å²) in [6, 6.07) is 47.3. The molecule has 0 heterocycles. The molecular formula is C42H48O5Si. The molecule has 0 aliphatic carbocycles. The topological polar surface area (TPSA) is 57.2 Å². The van der Waals surface area contributed by atoms with Crippen molar-refractivity contribution in [1.29, 1.82) is 0 Å². The summed E-state index contributed by atoms with van der Waals surface area (Å²) in [6.45, 7) is 8.04. The summed E-state index contributed by atoms with van der Waals surface area (Å²) in [4.78, 5) is 0. The summed E-state index contributed by atoms with van der Waals surface area (Å²) in [6.07, 6.45) is -0.199. The second-order valence-electron chi connectivity index (χ2n) is 13.3. The van der Waals surface area contributed by atoms with Gasteiger partial charge >= 0.3 is 0 Å². The van der Waals surface area contributed by atoms with E-state index in [0.717, 1.165) is 16.7 Å².